The summed E-state index contributed by atoms with van der Waals surface area (Å²) in [5.41, 5.74) is 0.587. The van der Waals surface area contributed by atoms with Gasteiger partial charge in [-0.2, -0.15) is 0 Å². The number of Topliss-reactive ketones (excluding diaryl/α,β-unsaturated/α-hetero) is 1. The number of nitrogens with one attached hydrogen (secondary N) is 1. The highest BCUT2D eigenvalue weighted by Crippen LogP contribution is 2.26. The van der Waals surface area contributed by atoms with Crippen LogP contribution in [0.5, 0.6) is 0 Å². The van der Waals surface area contributed by atoms with Crippen molar-refractivity contribution in [2.24, 2.45) is 4.99 Å². The van der Waals surface area contributed by atoms with E-state index in [1.165, 1.54) is 12.8 Å². The van der Waals surface area contributed by atoms with Crippen molar-refractivity contribution in [2.45, 2.75) is 44.2 Å². The Labute approximate surface area is 118 Å². The van der Waals surface area contributed by atoms with Gasteiger partial charge in [-0.05, 0) is 25.0 Å². The number of fused-ring (bicyclic) bond motifs is 1. The second kappa shape index (κ2) is 5.33. The molecule has 1 fully saturated rings. The zero-order chi connectivity index (χ0) is 13.2. The molecule has 0 bridgehead atoms. The average Bonchev–Trinajstić information content (AvgIpc) is 2.81. The number of hydrogen-bond acceptors (Lipinski definition) is 3. The first kappa shape index (κ1) is 12.7. The summed E-state index contributed by atoms with van der Waals surface area (Å²) < 4.78 is 0. The number of nitrogens with zero attached hydrogens (tertiary/aromatic N) is 1. The van der Waals surface area contributed by atoms with Crippen molar-refractivity contribution in [2.75, 3.05) is 0 Å². The molecule has 0 saturated heterocycles. The van der Waals surface area contributed by atoms with Gasteiger partial charge >= 0.3 is 0 Å². The van der Waals surface area contributed by atoms with Crippen molar-refractivity contribution in [3.63, 3.8) is 0 Å². The topological polar surface area (TPSA) is 41.5 Å². The number of carbonyl (C=O) groups is 1. The Hall–Kier alpha value is -1.35. The van der Waals surface area contributed by atoms with E-state index in [0.717, 1.165) is 18.7 Å². The fraction of sp³-hybridized carbons (Fsp3) is 0.467. The first-order valence-electron chi connectivity index (χ1n) is 6.85. The van der Waals surface area contributed by atoms with Gasteiger partial charge in [-0.25, -0.2) is 0 Å². The van der Waals surface area contributed by atoms with E-state index in [-0.39, 0.29) is 5.78 Å². The summed E-state index contributed by atoms with van der Waals surface area (Å²) in [4.78, 5) is 16.9. The molecule has 1 heterocycles. The Kier molecular flexibility index (Phi) is 3.56. The summed E-state index contributed by atoms with van der Waals surface area (Å²) in [6.45, 7) is 0. The molecule has 100 valence electrons. The van der Waals surface area contributed by atoms with Crippen molar-refractivity contribution < 1.29 is 4.79 Å². The number of ketones is 1. The van der Waals surface area contributed by atoms with Crippen LogP contribution in [0.15, 0.2) is 29.3 Å². The summed E-state index contributed by atoms with van der Waals surface area (Å²) in [5, 5.41) is 3.92. The normalized spacial score (nSPS) is 25.4. The van der Waals surface area contributed by atoms with Crippen LogP contribution in [0.4, 0.5) is 0 Å². The highest BCUT2D eigenvalue weighted by molar-refractivity contribution is 6.34. The lowest BCUT2D eigenvalue weighted by molar-refractivity contribution is 0.1000. The molecule has 1 aliphatic heterocycles. The minimum Gasteiger partial charge on any atom is -0.369 e. The lowest BCUT2D eigenvalue weighted by Crippen LogP contribution is -2.37. The highest BCUT2D eigenvalue weighted by Gasteiger charge is 2.31. The van der Waals surface area contributed by atoms with Crippen LogP contribution in [-0.4, -0.2) is 23.7 Å². The largest absolute Gasteiger partial charge is 0.369 e. The highest BCUT2D eigenvalue weighted by atomic mass is 35.5. The van der Waals surface area contributed by atoms with Gasteiger partial charge in [0.05, 0.1) is 17.5 Å². The van der Waals surface area contributed by atoms with Gasteiger partial charge in [-0.3, -0.25) is 9.79 Å². The number of rotatable bonds is 3. The summed E-state index contributed by atoms with van der Waals surface area (Å²) in [6.07, 6.45) is 5.14. The van der Waals surface area contributed by atoms with Crippen LogP contribution >= 0.6 is 11.6 Å². The number of benzene rings is 1. The molecule has 0 spiro atoms. The van der Waals surface area contributed by atoms with E-state index in [1.807, 2.05) is 12.1 Å². The van der Waals surface area contributed by atoms with E-state index in [4.69, 9.17) is 11.6 Å². The molecule has 4 heteroatoms. The van der Waals surface area contributed by atoms with Crippen LogP contribution in [0.2, 0.25) is 5.02 Å². The lowest BCUT2D eigenvalue weighted by Gasteiger charge is -2.23. The Morgan fingerprint density at radius 2 is 2.11 bits per heavy atom. The predicted octanol–water partition coefficient (Wildman–Crippen LogP) is 3.23. The molecule has 0 unspecified atom stereocenters. The third-order valence-corrected chi connectivity index (χ3v) is 4.24. The van der Waals surface area contributed by atoms with Crippen molar-refractivity contribution in [1.29, 1.82) is 0 Å². The van der Waals surface area contributed by atoms with Crippen LogP contribution in [0, 0.1) is 0 Å². The summed E-state index contributed by atoms with van der Waals surface area (Å²) >= 11 is 6.05. The zero-order valence-corrected chi connectivity index (χ0v) is 11.5. The van der Waals surface area contributed by atoms with Gasteiger partial charge in [0.25, 0.3) is 0 Å². The average molecular weight is 277 g/mol. The molecule has 0 radical (unpaired) electrons. The van der Waals surface area contributed by atoms with E-state index in [9.17, 15) is 4.79 Å². The molecule has 1 aliphatic carbocycles. The maximum atomic E-state index is 12.2. The van der Waals surface area contributed by atoms with Gasteiger partial charge in [-0.15, -0.1) is 0 Å². The first-order valence-corrected chi connectivity index (χ1v) is 7.23. The second-order valence-electron chi connectivity index (χ2n) is 5.26. The van der Waals surface area contributed by atoms with Crippen molar-refractivity contribution in [1.82, 2.24) is 5.32 Å². The smallest absolute Gasteiger partial charge is 0.171 e. The second-order valence-corrected chi connectivity index (χ2v) is 5.67. The Morgan fingerprint density at radius 3 is 2.89 bits per heavy atom. The van der Waals surface area contributed by atoms with Crippen LogP contribution in [-0.2, 0) is 0 Å². The minimum atomic E-state index is 0.0375. The molecule has 1 aromatic rings. The third-order valence-electron chi connectivity index (χ3n) is 3.91. The van der Waals surface area contributed by atoms with Gasteiger partial charge < -0.3 is 5.32 Å². The molecular weight excluding hydrogens is 260 g/mol. The fourth-order valence-electron chi connectivity index (χ4n) is 2.92. The summed E-state index contributed by atoms with van der Waals surface area (Å²) in [6, 6.07) is 8.01. The van der Waals surface area contributed by atoms with Gasteiger partial charge in [-0.1, -0.05) is 36.6 Å². The van der Waals surface area contributed by atoms with Gasteiger partial charge in [0.1, 0.15) is 5.84 Å². The van der Waals surface area contributed by atoms with Gasteiger partial charge in [0, 0.05) is 11.6 Å². The third kappa shape index (κ3) is 2.66. The van der Waals surface area contributed by atoms with Crippen molar-refractivity contribution in [3.8, 4) is 0 Å². The minimum absolute atomic E-state index is 0.0375. The van der Waals surface area contributed by atoms with Gasteiger partial charge in [0.15, 0.2) is 5.78 Å². The molecule has 3 nitrogen and oxygen atoms in total. The van der Waals surface area contributed by atoms with Crippen molar-refractivity contribution >= 4 is 23.2 Å². The van der Waals surface area contributed by atoms with E-state index in [2.05, 4.69) is 10.3 Å². The number of amidine groups is 1. The van der Waals surface area contributed by atoms with Crippen molar-refractivity contribution in [3.05, 3.63) is 34.9 Å². The van der Waals surface area contributed by atoms with Gasteiger partial charge in [0.2, 0.25) is 0 Å². The molecule has 1 saturated carbocycles. The Balaban J connectivity index is 1.69. The number of carbonyl (C=O) groups excluding carboxylic acids is 1. The molecule has 0 aromatic heterocycles. The SMILES string of the molecule is O=C(CC1=N[C@@H]2CCCC[C@@H]2N1)c1ccccc1Cl. The number of halogens is 1. The molecule has 1 aromatic carbocycles. The van der Waals surface area contributed by atoms with Crippen LogP contribution in [0.3, 0.4) is 0 Å². The van der Waals surface area contributed by atoms with Crippen LogP contribution in [0.1, 0.15) is 42.5 Å². The van der Waals surface area contributed by atoms with E-state index >= 15 is 0 Å². The quantitative estimate of drug-likeness (QED) is 0.861. The van der Waals surface area contributed by atoms with E-state index in [1.54, 1.807) is 12.1 Å². The Morgan fingerprint density at radius 1 is 1.32 bits per heavy atom. The molecular formula is C15H17ClN2O. The van der Waals surface area contributed by atoms with Crippen LogP contribution in [0.25, 0.3) is 0 Å². The first-order chi connectivity index (χ1) is 9.24. The monoisotopic (exact) mass is 276 g/mol. The predicted molar refractivity (Wildman–Crippen MR) is 77.0 cm³/mol. The molecule has 0 amide bonds. The summed E-state index contributed by atoms with van der Waals surface area (Å²) in [7, 11) is 0. The van der Waals surface area contributed by atoms with E-state index in [0.29, 0.717) is 29.1 Å². The molecule has 1 N–H and O–H groups in total. The zero-order valence-electron chi connectivity index (χ0n) is 10.7. The lowest BCUT2D eigenvalue weighted by atomic mass is 9.92. The van der Waals surface area contributed by atoms with E-state index < -0.39 is 0 Å². The summed E-state index contributed by atoms with van der Waals surface area (Å²) in [5.74, 6) is 0.873. The maximum absolute atomic E-state index is 12.2. The standard InChI is InChI=1S/C15H17ClN2O/c16-11-6-2-1-5-10(11)14(19)9-15-17-12-7-3-4-8-13(12)18-15/h1-2,5-6,12-13H,3-4,7-9H2,(H,17,18)/t12-,13+. The molecule has 3 rings (SSSR count). The molecule has 2 aliphatic rings. The maximum Gasteiger partial charge on any atom is 0.171 e. The molecule has 2 atom stereocenters. The number of aliphatic imine (C=N–C) groups is 1. The fourth-order valence-corrected chi connectivity index (χ4v) is 3.16. The van der Waals surface area contributed by atoms with Crippen LogP contribution < -0.4 is 5.32 Å². The Bertz CT molecular complexity index is 527. The number of hydrogen-bond donors (Lipinski definition) is 1. The molecule has 19 heavy (non-hydrogen) atoms.